The van der Waals surface area contributed by atoms with Crippen LogP contribution in [0.5, 0.6) is 0 Å². The Morgan fingerprint density at radius 2 is 2.25 bits per heavy atom. The summed E-state index contributed by atoms with van der Waals surface area (Å²) in [6.45, 7) is 0.214. The SMILES string of the molecule is CN(C1CCS(=O)(=O)C1)C(CN)c1ccc(Cl)cc1F. The van der Waals surface area contributed by atoms with Crippen molar-refractivity contribution in [3.63, 3.8) is 0 Å². The van der Waals surface area contributed by atoms with Gasteiger partial charge in [-0.05, 0) is 25.6 Å². The van der Waals surface area contributed by atoms with E-state index in [1.54, 1.807) is 19.2 Å². The van der Waals surface area contributed by atoms with Crippen LogP contribution in [0.2, 0.25) is 5.02 Å². The number of halogens is 2. The summed E-state index contributed by atoms with van der Waals surface area (Å²) in [4.78, 5) is 1.86. The van der Waals surface area contributed by atoms with Gasteiger partial charge in [-0.15, -0.1) is 0 Å². The molecule has 4 nitrogen and oxygen atoms in total. The summed E-state index contributed by atoms with van der Waals surface area (Å²) in [6.07, 6.45) is 0.560. The molecule has 1 aliphatic rings. The molecule has 1 aliphatic heterocycles. The van der Waals surface area contributed by atoms with Crippen molar-refractivity contribution >= 4 is 21.4 Å². The number of sulfone groups is 1. The van der Waals surface area contributed by atoms with Crippen LogP contribution in [0.1, 0.15) is 18.0 Å². The highest BCUT2D eigenvalue weighted by Gasteiger charge is 2.34. The summed E-state index contributed by atoms with van der Waals surface area (Å²) < 4.78 is 37.1. The van der Waals surface area contributed by atoms with Crippen molar-refractivity contribution < 1.29 is 12.8 Å². The van der Waals surface area contributed by atoms with Gasteiger partial charge in [-0.1, -0.05) is 17.7 Å². The molecular formula is C13H18ClFN2O2S. The zero-order valence-electron chi connectivity index (χ0n) is 11.2. The minimum absolute atomic E-state index is 0.106. The summed E-state index contributed by atoms with van der Waals surface area (Å²) in [5.74, 6) is -0.127. The van der Waals surface area contributed by atoms with Crippen molar-refractivity contribution in [3.8, 4) is 0 Å². The van der Waals surface area contributed by atoms with Gasteiger partial charge in [0, 0.05) is 29.2 Å². The van der Waals surface area contributed by atoms with E-state index in [1.165, 1.54) is 6.07 Å². The maximum Gasteiger partial charge on any atom is 0.151 e. The van der Waals surface area contributed by atoms with Crippen LogP contribution in [0.25, 0.3) is 0 Å². The number of rotatable bonds is 4. The molecule has 0 bridgehead atoms. The Hall–Kier alpha value is -0.690. The Balaban J connectivity index is 2.23. The number of nitrogens with zero attached hydrogens (tertiary/aromatic N) is 1. The Labute approximate surface area is 123 Å². The zero-order valence-corrected chi connectivity index (χ0v) is 12.8. The lowest BCUT2D eigenvalue weighted by Gasteiger charge is -2.32. The average Bonchev–Trinajstić information content (AvgIpc) is 2.73. The van der Waals surface area contributed by atoms with Crippen LogP contribution >= 0.6 is 11.6 Å². The van der Waals surface area contributed by atoms with Crippen molar-refractivity contribution in [1.29, 1.82) is 0 Å². The lowest BCUT2D eigenvalue weighted by atomic mass is 10.0. The van der Waals surface area contributed by atoms with Gasteiger partial charge in [-0.25, -0.2) is 12.8 Å². The van der Waals surface area contributed by atoms with Crippen molar-refractivity contribution in [2.24, 2.45) is 5.73 Å². The van der Waals surface area contributed by atoms with Crippen LogP contribution in [0.15, 0.2) is 18.2 Å². The monoisotopic (exact) mass is 320 g/mol. The zero-order chi connectivity index (χ0) is 14.9. The van der Waals surface area contributed by atoms with E-state index in [2.05, 4.69) is 0 Å². The van der Waals surface area contributed by atoms with Crippen LogP contribution in [0, 0.1) is 5.82 Å². The first-order chi connectivity index (χ1) is 9.34. The first kappa shape index (κ1) is 15.7. The molecule has 1 aromatic rings. The van der Waals surface area contributed by atoms with E-state index in [4.69, 9.17) is 17.3 Å². The van der Waals surface area contributed by atoms with Gasteiger partial charge in [-0.3, -0.25) is 4.90 Å². The molecule has 2 rings (SSSR count). The van der Waals surface area contributed by atoms with Crippen molar-refractivity contribution in [3.05, 3.63) is 34.6 Å². The third kappa shape index (κ3) is 3.31. The van der Waals surface area contributed by atoms with Gasteiger partial charge in [-0.2, -0.15) is 0 Å². The third-order valence-electron chi connectivity index (χ3n) is 3.82. The number of benzene rings is 1. The number of hydrogen-bond donors (Lipinski definition) is 1. The van der Waals surface area contributed by atoms with Crippen LogP contribution in [-0.4, -0.2) is 44.5 Å². The molecule has 0 spiro atoms. The van der Waals surface area contributed by atoms with Crippen LogP contribution < -0.4 is 5.73 Å². The van der Waals surface area contributed by atoms with E-state index in [1.807, 2.05) is 4.90 Å². The lowest BCUT2D eigenvalue weighted by molar-refractivity contribution is 0.189. The third-order valence-corrected chi connectivity index (χ3v) is 5.81. The molecule has 2 N–H and O–H groups in total. The average molecular weight is 321 g/mol. The van der Waals surface area contributed by atoms with Gasteiger partial charge in [0.1, 0.15) is 5.82 Å². The molecular weight excluding hydrogens is 303 g/mol. The largest absolute Gasteiger partial charge is 0.329 e. The summed E-state index contributed by atoms with van der Waals surface area (Å²) in [6, 6.07) is 3.99. The number of hydrogen-bond acceptors (Lipinski definition) is 4. The fourth-order valence-corrected chi connectivity index (χ4v) is 4.58. The minimum Gasteiger partial charge on any atom is -0.329 e. The molecule has 0 amide bonds. The molecule has 0 aromatic heterocycles. The minimum atomic E-state index is -2.98. The van der Waals surface area contributed by atoms with Crippen molar-refractivity contribution in [1.82, 2.24) is 4.90 Å². The second kappa shape index (κ2) is 5.97. The second-order valence-corrected chi connectivity index (χ2v) is 7.80. The Kier molecular flexibility index (Phi) is 4.69. The molecule has 2 atom stereocenters. The van der Waals surface area contributed by atoms with Crippen LogP contribution in [0.3, 0.4) is 0 Å². The van der Waals surface area contributed by atoms with E-state index < -0.39 is 15.7 Å². The van der Waals surface area contributed by atoms with Gasteiger partial charge in [0.15, 0.2) is 9.84 Å². The molecule has 1 fully saturated rings. The van der Waals surface area contributed by atoms with Gasteiger partial charge < -0.3 is 5.73 Å². The molecule has 0 saturated carbocycles. The van der Waals surface area contributed by atoms with E-state index in [9.17, 15) is 12.8 Å². The smallest absolute Gasteiger partial charge is 0.151 e. The maximum atomic E-state index is 14.0. The summed E-state index contributed by atoms with van der Waals surface area (Å²) >= 11 is 5.74. The molecule has 20 heavy (non-hydrogen) atoms. The first-order valence-corrected chi connectivity index (χ1v) is 8.61. The van der Waals surface area contributed by atoms with Crippen LogP contribution in [0.4, 0.5) is 4.39 Å². The highest BCUT2D eigenvalue weighted by atomic mass is 35.5. The topological polar surface area (TPSA) is 63.4 Å². The second-order valence-electron chi connectivity index (χ2n) is 5.14. The molecule has 0 aliphatic carbocycles. The first-order valence-electron chi connectivity index (χ1n) is 6.41. The van der Waals surface area contributed by atoms with Gasteiger partial charge in [0.25, 0.3) is 0 Å². The molecule has 1 saturated heterocycles. The summed E-state index contributed by atoms with van der Waals surface area (Å²) in [5.41, 5.74) is 6.20. The summed E-state index contributed by atoms with van der Waals surface area (Å²) in [7, 11) is -1.19. The van der Waals surface area contributed by atoms with Crippen molar-refractivity contribution in [2.45, 2.75) is 18.5 Å². The van der Waals surface area contributed by atoms with E-state index in [-0.39, 0.29) is 30.1 Å². The molecule has 0 radical (unpaired) electrons. The van der Waals surface area contributed by atoms with E-state index in [0.717, 1.165) is 0 Å². The van der Waals surface area contributed by atoms with Crippen LogP contribution in [-0.2, 0) is 9.84 Å². The lowest BCUT2D eigenvalue weighted by Crippen LogP contribution is -2.39. The molecule has 112 valence electrons. The van der Waals surface area contributed by atoms with Gasteiger partial charge >= 0.3 is 0 Å². The molecule has 1 aromatic carbocycles. The maximum absolute atomic E-state index is 14.0. The fraction of sp³-hybridized carbons (Fsp3) is 0.538. The molecule has 7 heteroatoms. The molecule has 1 heterocycles. The predicted molar refractivity (Wildman–Crippen MR) is 78.0 cm³/mol. The normalized spacial score (nSPS) is 23.1. The fourth-order valence-electron chi connectivity index (χ4n) is 2.64. The highest BCUT2D eigenvalue weighted by Crippen LogP contribution is 2.28. The Morgan fingerprint density at radius 1 is 1.55 bits per heavy atom. The predicted octanol–water partition coefficient (Wildman–Crippen LogP) is 1.60. The van der Waals surface area contributed by atoms with Crippen molar-refractivity contribution in [2.75, 3.05) is 25.1 Å². The Morgan fingerprint density at radius 3 is 2.75 bits per heavy atom. The quantitative estimate of drug-likeness (QED) is 0.915. The van der Waals surface area contributed by atoms with Gasteiger partial charge in [0.05, 0.1) is 11.5 Å². The van der Waals surface area contributed by atoms with E-state index in [0.29, 0.717) is 17.0 Å². The van der Waals surface area contributed by atoms with Gasteiger partial charge in [0.2, 0.25) is 0 Å². The highest BCUT2D eigenvalue weighted by molar-refractivity contribution is 7.91. The summed E-state index contributed by atoms with van der Waals surface area (Å²) in [5, 5.41) is 0.327. The molecule has 2 unspecified atom stereocenters. The standard InChI is InChI=1S/C13H18ClFN2O2S/c1-17(10-4-5-20(18,19)8-10)13(7-16)11-3-2-9(14)6-12(11)15/h2-3,6,10,13H,4-5,7-8,16H2,1H3. The Bertz CT molecular complexity index is 594. The van der Waals surface area contributed by atoms with E-state index >= 15 is 0 Å². The number of likely N-dealkylation sites (N-methyl/N-ethyl adjacent to an activating group) is 1. The number of nitrogens with two attached hydrogens (primary N) is 1.